The minimum absolute atomic E-state index is 0.0438. The third-order valence-electron chi connectivity index (χ3n) is 4.37. The fourth-order valence-corrected chi connectivity index (χ4v) is 3.02. The first-order chi connectivity index (χ1) is 13.6. The number of hydrogen-bond donors (Lipinski definition) is 1. The lowest BCUT2D eigenvalue weighted by atomic mass is 10.0. The van der Waals surface area contributed by atoms with Gasteiger partial charge < -0.3 is 14.8 Å². The van der Waals surface area contributed by atoms with Crippen molar-refractivity contribution in [2.75, 3.05) is 19.8 Å². The van der Waals surface area contributed by atoms with Crippen molar-refractivity contribution in [3.05, 3.63) is 70.7 Å². The molecule has 0 saturated carbocycles. The van der Waals surface area contributed by atoms with Gasteiger partial charge in [0.2, 0.25) is 0 Å². The fourth-order valence-electron chi connectivity index (χ4n) is 2.90. The number of rotatable bonds is 7. The van der Waals surface area contributed by atoms with E-state index < -0.39 is 5.97 Å². The van der Waals surface area contributed by atoms with E-state index in [9.17, 15) is 9.59 Å². The van der Waals surface area contributed by atoms with Crippen molar-refractivity contribution in [2.24, 2.45) is 0 Å². The Morgan fingerprint density at radius 3 is 2.57 bits per heavy atom. The average molecular weight is 400 g/mol. The molecule has 1 aliphatic heterocycles. The zero-order chi connectivity index (χ0) is 19.8. The Morgan fingerprint density at radius 2 is 1.89 bits per heavy atom. The Kier molecular flexibility index (Phi) is 7.23. The zero-order valence-electron chi connectivity index (χ0n) is 15.4. The van der Waals surface area contributed by atoms with Gasteiger partial charge in [-0.25, -0.2) is 4.79 Å². The van der Waals surface area contributed by atoms with Crippen LogP contribution in [-0.4, -0.2) is 37.7 Å². The predicted octanol–water partition coefficient (Wildman–Crippen LogP) is 3.72. The Hall–Kier alpha value is -2.63. The minimum atomic E-state index is -0.571. The summed E-state index contributed by atoms with van der Waals surface area (Å²) in [6.45, 7) is 0.815. The summed E-state index contributed by atoms with van der Waals surface area (Å²) in [5.41, 5.74) is 1.88. The van der Waals surface area contributed by atoms with E-state index in [0.29, 0.717) is 22.7 Å². The summed E-state index contributed by atoms with van der Waals surface area (Å²) in [6, 6.07) is 16.3. The standard InChI is InChI=1S/C22H22ClNO4/c23-18-10-8-17(9-11-18)20(13-16-5-2-1-3-6-16)22(26)28-15-21(25)24-14-19-7-4-12-27-19/h1-3,5-6,8-11,13,19H,4,7,12,14-15H2,(H,24,25)/b20-13+/t19-/m0/s1. The molecule has 146 valence electrons. The number of carbonyl (C=O) groups excluding carboxylic acids is 2. The molecule has 0 aromatic heterocycles. The average Bonchev–Trinajstić information content (AvgIpc) is 3.24. The molecule has 6 heteroatoms. The molecule has 5 nitrogen and oxygen atoms in total. The van der Waals surface area contributed by atoms with Crippen LogP contribution in [0.25, 0.3) is 11.6 Å². The highest BCUT2D eigenvalue weighted by molar-refractivity contribution is 6.30. The van der Waals surface area contributed by atoms with Gasteiger partial charge >= 0.3 is 5.97 Å². The van der Waals surface area contributed by atoms with Gasteiger partial charge in [0, 0.05) is 18.2 Å². The third-order valence-corrected chi connectivity index (χ3v) is 4.62. The van der Waals surface area contributed by atoms with E-state index in [0.717, 1.165) is 25.0 Å². The molecule has 1 saturated heterocycles. The monoisotopic (exact) mass is 399 g/mol. The maximum absolute atomic E-state index is 12.7. The Labute approximate surface area is 169 Å². The summed E-state index contributed by atoms with van der Waals surface area (Å²) in [5.74, 6) is -0.919. The first-order valence-corrected chi connectivity index (χ1v) is 9.58. The molecular weight excluding hydrogens is 378 g/mol. The molecule has 1 heterocycles. The summed E-state index contributed by atoms with van der Waals surface area (Å²) in [7, 11) is 0. The third kappa shape index (κ3) is 5.94. The number of nitrogens with one attached hydrogen (secondary N) is 1. The second-order valence-corrected chi connectivity index (χ2v) is 6.93. The van der Waals surface area contributed by atoms with Gasteiger partial charge in [0.15, 0.2) is 6.61 Å². The van der Waals surface area contributed by atoms with Gasteiger partial charge in [-0.1, -0.05) is 54.1 Å². The van der Waals surface area contributed by atoms with Crippen molar-refractivity contribution >= 4 is 35.1 Å². The van der Waals surface area contributed by atoms with E-state index in [2.05, 4.69) is 5.32 Å². The molecule has 2 aromatic carbocycles. The number of halogens is 1. The summed E-state index contributed by atoms with van der Waals surface area (Å²) < 4.78 is 10.7. The summed E-state index contributed by atoms with van der Waals surface area (Å²) >= 11 is 5.95. The molecule has 1 atom stereocenters. The van der Waals surface area contributed by atoms with Crippen molar-refractivity contribution in [1.82, 2.24) is 5.32 Å². The molecule has 0 unspecified atom stereocenters. The molecule has 1 amide bonds. The Morgan fingerprint density at radius 1 is 1.14 bits per heavy atom. The molecule has 1 aliphatic rings. The predicted molar refractivity (Wildman–Crippen MR) is 109 cm³/mol. The number of hydrogen-bond acceptors (Lipinski definition) is 4. The summed E-state index contributed by atoms with van der Waals surface area (Å²) in [4.78, 5) is 24.7. The molecular formula is C22H22ClNO4. The lowest BCUT2D eigenvalue weighted by Crippen LogP contribution is -2.34. The van der Waals surface area contributed by atoms with Crippen LogP contribution in [0.1, 0.15) is 24.0 Å². The highest BCUT2D eigenvalue weighted by Gasteiger charge is 2.18. The molecule has 1 N–H and O–H groups in total. The van der Waals surface area contributed by atoms with Gasteiger partial charge in [0.05, 0.1) is 11.7 Å². The molecule has 0 aliphatic carbocycles. The van der Waals surface area contributed by atoms with Crippen LogP contribution in [0.15, 0.2) is 54.6 Å². The molecule has 0 bridgehead atoms. The van der Waals surface area contributed by atoms with E-state index in [1.54, 1.807) is 30.3 Å². The van der Waals surface area contributed by atoms with E-state index in [1.807, 2.05) is 30.3 Å². The summed E-state index contributed by atoms with van der Waals surface area (Å²) in [6.07, 6.45) is 3.71. The number of benzene rings is 2. The SMILES string of the molecule is O=C(COC(=O)/C(=C/c1ccccc1)c1ccc(Cl)cc1)NC[C@@H]1CCCO1. The number of ether oxygens (including phenoxy) is 2. The molecule has 2 aromatic rings. The Bertz CT molecular complexity index is 827. The van der Waals surface area contributed by atoms with Gasteiger partial charge in [-0.2, -0.15) is 0 Å². The van der Waals surface area contributed by atoms with Crippen molar-refractivity contribution < 1.29 is 19.1 Å². The smallest absolute Gasteiger partial charge is 0.339 e. The van der Waals surface area contributed by atoms with Crippen LogP contribution in [-0.2, 0) is 19.1 Å². The normalized spacial score (nSPS) is 16.6. The van der Waals surface area contributed by atoms with Gasteiger partial charge in [0.1, 0.15) is 0 Å². The molecule has 28 heavy (non-hydrogen) atoms. The first-order valence-electron chi connectivity index (χ1n) is 9.20. The van der Waals surface area contributed by atoms with E-state index >= 15 is 0 Å². The van der Waals surface area contributed by atoms with E-state index in [-0.39, 0.29) is 18.6 Å². The van der Waals surface area contributed by atoms with Crippen LogP contribution in [0.2, 0.25) is 5.02 Å². The molecule has 3 rings (SSSR count). The lowest BCUT2D eigenvalue weighted by molar-refractivity contribution is -0.143. The van der Waals surface area contributed by atoms with Crippen molar-refractivity contribution in [3.63, 3.8) is 0 Å². The van der Waals surface area contributed by atoms with Gasteiger partial charge in [-0.3, -0.25) is 4.79 Å². The second-order valence-electron chi connectivity index (χ2n) is 6.49. The maximum Gasteiger partial charge on any atom is 0.339 e. The molecule has 1 fully saturated rings. The summed E-state index contributed by atoms with van der Waals surface area (Å²) in [5, 5.41) is 3.31. The number of amides is 1. The minimum Gasteiger partial charge on any atom is -0.452 e. The van der Waals surface area contributed by atoms with Gasteiger partial charge in [-0.15, -0.1) is 0 Å². The van der Waals surface area contributed by atoms with Crippen LogP contribution < -0.4 is 5.32 Å². The highest BCUT2D eigenvalue weighted by atomic mass is 35.5. The first kappa shape index (κ1) is 20.1. The number of esters is 1. The van der Waals surface area contributed by atoms with Gasteiger partial charge in [-0.05, 0) is 42.2 Å². The fraction of sp³-hybridized carbons (Fsp3) is 0.273. The van der Waals surface area contributed by atoms with Crippen LogP contribution in [0, 0.1) is 0 Å². The molecule has 0 spiro atoms. The quantitative estimate of drug-likeness (QED) is 0.438. The highest BCUT2D eigenvalue weighted by Crippen LogP contribution is 2.22. The second kappa shape index (κ2) is 10.1. The van der Waals surface area contributed by atoms with Crippen LogP contribution in [0.5, 0.6) is 0 Å². The van der Waals surface area contributed by atoms with Crippen molar-refractivity contribution in [2.45, 2.75) is 18.9 Å². The topological polar surface area (TPSA) is 64.6 Å². The van der Waals surface area contributed by atoms with Crippen LogP contribution >= 0.6 is 11.6 Å². The van der Waals surface area contributed by atoms with Crippen molar-refractivity contribution in [1.29, 1.82) is 0 Å². The number of carbonyl (C=O) groups is 2. The van der Waals surface area contributed by atoms with E-state index in [4.69, 9.17) is 21.1 Å². The largest absolute Gasteiger partial charge is 0.452 e. The Balaban J connectivity index is 1.65. The molecule has 0 radical (unpaired) electrons. The van der Waals surface area contributed by atoms with Crippen LogP contribution in [0.3, 0.4) is 0 Å². The van der Waals surface area contributed by atoms with Crippen molar-refractivity contribution in [3.8, 4) is 0 Å². The lowest BCUT2D eigenvalue weighted by Gasteiger charge is -2.12. The van der Waals surface area contributed by atoms with Gasteiger partial charge in [0.25, 0.3) is 5.91 Å². The van der Waals surface area contributed by atoms with Crippen LogP contribution in [0.4, 0.5) is 0 Å². The zero-order valence-corrected chi connectivity index (χ0v) is 16.2. The maximum atomic E-state index is 12.7. The van der Waals surface area contributed by atoms with E-state index in [1.165, 1.54) is 0 Å².